The third-order valence-electron chi connectivity index (χ3n) is 11.3. The van der Waals surface area contributed by atoms with Crippen LogP contribution in [0.25, 0.3) is 88.7 Å². The Morgan fingerprint density at radius 2 is 1.34 bits per heavy atom. The molecule has 50 heavy (non-hydrogen) atoms. The standard InChI is InChI=1S/C45H34N4O/c1-44(2,3)27-15-18-37-40(21-27)50-41-24-47-43(49(37)41)26-14-17-30-32-11-8-10-31-29-16-13-25(19-38(29)48(42(31)32)39(30)20-26)36-22-33-28-9-6-7-12-34(28)45(4,5)35(33)23-46-36/h6-24H,1-5H3. The fraction of sp³-hybridized carbons (Fsp3) is 0.156. The maximum absolute atomic E-state index is 6.33. The Balaban J connectivity index is 1.12. The topological polar surface area (TPSA) is 47.7 Å². The van der Waals surface area contributed by atoms with E-state index in [0.717, 1.165) is 45.0 Å². The van der Waals surface area contributed by atoms with E-state index in [-0.39, 0.29) is 10.8 Å². The second kappa shape index (κ2) is 9.19. The van der Waals surface area contributed by atoms with Crippen molar-refractivity contribution in [2.75, 3.05) is 0 Å². The molecule has 0 N–H and O–H groups in total. The van der Waals surface area contributed by atoms with Gasteiger partial charge in [-0.3, -0.25) is 9.38 Å². The van der Waals surface area contributed by atoms with Gasteiger partial charge in [0.15, 0.2) is 5.58 Å². The summed E-state index contributed by atoms with van der Waals surface area (Å²) >= 11 is 0. The summed E-state index contributed by atoms with van der Waals surface area (Å²) in [5, 5.41) is 5.00. The molecule has 5 aromatic carbocycles. The van der Waals surface area contributed by atoms with E-state index < -0.39 is 0 Å². The van der Waals surface area contributed by atoms with Crippen LogP contribution < -0.4 is 0 Å². The van der Waals surface area contributed by atoms with E-state index in [1.807, 2.05) is 6.20 Å². The number of para-hydroxylation sites is 1. The monoisotopic (exact) mass is 646 g/mol. The summed E-state index contributed by atoms with van der Waals surface area (Å²) in [6, 6.07) is 37.9. The molecule has 0 amide bonds. The molecule has 0 radical (unpaired) electrons. The SMILES string of the molecule is CC(C)(C)c1ccc2c(c1)oc1cnc(-c3ccc4c5cccc6c7ccc(-c8cc9c(cn8)C(C)(C)c8ccccc8-9)cc7n(c4c3)c65)n12. The molecule has 0 bridgehead atoms. The fourth-order valence-corrected chi connectivity index (χ4v) is 8.72. The molecule has 1 aliphatic carbocycles. The van der Waals surface area contributed by atoms with Crippen molar-refractivity contribution in [3.8, 4) is 33.8 Å². The highest BCUT2D eigenvalue weighted by molar-refractivity contribution is 6.23. The molecular weight excluding hydrogens is 613 g/mol. The van der Waals surface area contributed by atoms with Crippen LogP contribution in [-0.2, 0) is 10.8 Å². The van der Waals surface area contributed by atoms with E-state index in [4.69, 9.17) is 14.4 Å². The van der Waals surface area contributed by atoms with Crippen molar-refractivity contribution in [1.29, 1.82) is 0 Å². The van der Waals surface area contributed by atoms with Crippen LogP contribution in [0.3, 0.4) is 0 Å². The summed E-state index contributed by atoms with van der Waals surface area (Å²) in [4.78, 5) is 9.94. The first-order valence-corrected chi connectivity index (χ1v) is 17.4. The summed E-state index contributed by atoms with van der Waals surface area (Å²) in [5.41, 5.74) is 15.9. The van der Waals surface area contributed by atoms with E-state index in [1.54, 1.807) is 0 Å². The van der Waals surface area contributed by atoms with Gasteiger partial charge in [0.2, 0.25) is 5.71 Å². The van der Waals surface area contributed by atoms with Crippen molar-refractivity contribution in [2.45, 2.75) is 45.4 Å². The Morgan fingerprint density at radius 3 is 2.12 bits per heavy atom. The molecule has 5 heterocycles. The van der Waals surface area contributed by atoms with Gasteiger partial charge in [-0.15, -0.1) is 0 Å². The number of hydrogen-bond donors (Lipinski definition) is 0. The largest absolute Gasteiger partial charge is 0.437 e. The second-order valence-electron chi connectivity index (χ2n) is 15.6. The summed E-state index contributed by atoms with van der Waals surface area (Å²) in [6.45, 7) is 11.3. The van der Waals surface area contributed by atoms with Crippen molar-refractivity contribution < 1.29 is 4.42 Å². The minimum atomic E-state index is -0.0665. The molecule has 5 heteroatoms. The molecule has 240 valence electrons. The van der Waals surface area contributed by atoms with Crippen molar-refractivity contribution in [3.05, 3.63) is 132 Å². The number of aromatic nitrogens is 4. The summed E-state index contributed by atoms with van der Waals surface area (Å²) in [7, 11) is 0. The van der Waals surface area contributed by atoms with E-state index >= 15 is 0 Å². The van der Waals surface area contributed by atoms with Gasteiger partial charge in [0.25, 0.3) is 0 Å². The van der Waals surface area contributed by atoms with Gasteiger partial charge in [0.1, 0.15) is 5.82 Å². The van der Waals surface area contributed by atoms with Crippen LogP contribution in [0.5, 0.6) is 0 Å². The first-order chi connectivity index (χ1) is 24.2. The number of hydrogen-bond acceptors (Lipinski definition) is 3. The predicted octanol–water partition coefficient (Wildman–Crippen LogP) is 11.6. The third-order valence-corrected chi connectivity index (χ3v) is 11.3. The average molecular weight is 647 g/mol. The van der Waals surface area contributed by atoms with Crippen molar-refractivity contribution >= 4 is 54.9 Å². The van der Waals surface area contributed by atoms with Crippen LogP contribution in [0.1, 0.15) is 51.3 Å². The van der Waals surface area contributed by atoms with Crippen LogP contribution in [0.15, 0.2) is 120 Å². The zero-order valence-electron chi connectivity index (χ0n) is 28.7. The molecular formula is C45H34N4O. The van der Waals surface area contributed by atoms with Crippen molar-refractivity contribution in [3.63, 3.8) is 0 Å². The molecule has 0 saturated heterocycles. The molecule has 0 unspecified atom stereocenters. The van der Waals surface area contributed by atoms with Gasteiger partial charge in [0.05, 0.1) is 34.0 Å². The van der Waals surface area contributed by atoms with Gasteiger partial charge >= 0.3 is 0 Å². The normalized spacial score (nSPS) is 14.3. The molecule has 0 fully saturated rings. The molecule has 10 aromatic rings. The zero-order valence-corrected chi connectivity index (χ0v) is 28.7. The Bertz CT molecular complexity index is 3050. The molecule has 5 nitrogen and oxygen atoms in total. The van der Waals surface area contributed by atoms with E-state index in [9.17, 15) is 0 Å². The lowest BCUT2D eigenvalue weighted by Gasteiger charge is -2.20. The Kier molecular flexibility index (Phi) is 5.14. The number of oxazole rings is 1. The van der Waals surface area contributed by atoms with Crippen LogP contribution >= 0.6 is 0 Å². The molecule has 0 aliphatic heterocycles. The molecule has 11 rings (SSSR count). The van der Waals surface area contributed by atoms with Crippen LogP contribution in [0.4, 0.5) is 0 Å². The number of pyridine rings is 1. The average Bonchev–Trinajstić information content (AvgIpc) is 3.90. The zero-order chi connectivity index (χ0) is 33.7. The smallest absolute Gasteiger partial charge is 0.225 e. The lowest BCUT2D eigenvalue weighted by molar-refractivity contribution is 0.587. The molecule has 1 aliphatic rings. The molecule has 5 aromatic heterocycles. The minimum absolute atomic E-state index is 0.0371. The number of nitrogens with zero attached hydrogens (tertiary/aromatic N) is 4. The highest BCUT2D eigenvalue weighted by Gasteiger charge is 2.35. The van der Waals surface area contributed by atoms with Crippen LogP contribution in [0, 0.1) is 0 Å². The summed E-state index contributed by atoms with van der Waals surface area (Å²) in [5.74, 6) is 0.875. The fourth-order valence-electron chi connectivity index (χ4n) is 8.72. The second-order valence-corrected chi connectivity index (χ2v) is 15.6. The Hall–Kier alpha value is -5.94. The Morgan fingerprint density at radius 1 is 0.600 bits per heavy atom. The third kappa shape index (κ3) is 3.51. The van der Waals surface area contributed by atoms with Crippen molar-refractivity contribution in [2.24, 2.45) is 0 Å². The van der Waals surface area contributed by atoms with Gasteiger partial charge in [-0.2, -0.15) is 0 Å². The lowest BCUT2D eigenvalue weighted by atomic mass is 9.83. The van der Waals surface area contributed by atoms with Crippen molar-refractivity contribution in [1.82, 2.24) is 18.8 Å². The number of rotatable bonds is 2. The number of imidazole rings is 1. The predicted molar refractivity (Wildman–Crippen MR) is 205 cm³/mol. The maximum Gasteiger partial charge on any atom is 0.225 e. The number of fused-ring (bicyclic) bond motifs is 12. The quantitative estimate of drug-likeness (QED) is 0.188. The van der Waals surface area contributed by atoms with E-state index in [1.165, 1.54) is 60.4 Å². The van der Waals surface area contributed by atoms with Crippen LogP contribution in [-0.4, -0.2) is 18.8 Å². The van der Waals surface area contributed by atoms with E-state index in [2.05, 4.69) is 153 Å². The van der Waals surface area contributed by atoms with Gasteiger partial charge in [-0.1, -0.05) is 107 Å². The lowest BCUT2D eigenvalue weighted by Crippen LogP contribution is -2.15. The summed E-state index contributed by atoms with van der Waals surface area (Å²) < 4.78 is 10.9. The van der Waals surface area contributed by atoms with Gasteiger partial charge < -0.3 is 8.82 Å². The number of benzene rings is 5. The highest BCUT2D eigenvalue weighted by atomic mass is 16.3. The molecule has 0 saturated carbocycles. The maximum atomic E-state index is 6.33. The first-order valence-electron chi connectivity index (χ1n) is 17.4. The first kappa shape index (κ1) is 28.0. The van der Waals surface area contributed by atoms with E-state index in [0.29, 0.717) is 0 Å². The Labute approximate surface area is 288 Å². The minimum Gasteiger partial charge on any atom is -0.437 e. The molecule has 0 atom stereocenters. The van der Waals surface area contributed by atoms with Gasteiger partial charge in [-0.25, -0.2) is 4.98 Å². The highest BCUT2D eigenvalue weighted by Crippen LogP contribution is 2.49. The van der Waals surface area contributed by atoms with Gasteiger partial charge in [0, 0.05) is 44.3 Å². The van der Waals surface area contributed by atoms with Crippen LogP contribution in [0.2, 0.25) is 0 Å². The summed E-state index contributed by atoms with van der Waals surface area (Å²) in [6.07, 6.45) is 3.93. The molecule has 0 spiro atoms. The van der Waals surface area contributed by atoms with Gasteiger partial charge in [-0.05, 0) is 63.6 Å².